The Kier molecular flexibility index (Phi) is 6.89. The molecule has 0 amide bonds. The first-order valence-electron chi connectivity index (χ1n) is 13.5. The van der Waals surface area contributed by atoms with Crippen LogP contribution in [-0.2, 0) is 6.42 Å². The number of Topliss-reactive ketones (excluding diaryl/α,β-unsaturated/α-hetero) is 2. The lowest BCUT2D eigenvalue weighted by molar-refractivity contribution is 0.0809. The third-order valence-corrected chi connectivity index (χ3v) is 7.36. The molecule has 41 heavy (non-hydrogen) atoms. The standard InChI is InChI=1S/C24H21N5O.C9H7NO/c1-24(2)10-9-19-18(23(24)30)7-8-20(27-19)22-13-21(16-5-3-11-25-14-16)28-29(22)17-6-4-12-26-15-17;11-9-5-1-4-8-7(9)3-2-6-10-8/h3-8,11-15H,9-10H2,1-2H3;1-4,6H,5H2. The maximum absolute atomic E-state index is 12.8. The van der Waals surface area contributed by atoms with E-state index in [1.54, 1.807) is 37.1 Å². The van der Waals surface area contributed by atoms with Gasteiger partial charge in [-0.15, -0.1) is 0 Å². The van der Waals surface area contributed by atoms with Crippen LogP contribution in [0.1, 0.15) is 58.8 Å². The first-order valence-corrected chi connectivity index (χ1v) is 13.5. The number of hydrogen-bond donors (Lipinski definition) is 0. The number of aromatic nitrogens is 6. The van der Waals surface area contributed by atoms with Crippen molar-refractivity contribution in [1.29, 1.82) is 0 Å². The van der Waals surface area contributed by atoms with Crippen molar-refractivity contribution in [1.82, 2.24) is 29.7 Å². The summed E-state index contributed by atoms with van der Waals surface area (Å²) in [6.07, 6.45) is 14.6. The molecule has 2 aliphatic rings. The van der Waals surface area contributed by atoms with Gasteiger partial charge in [0.1, 0.15) is 0 Å². The Balaban J connectivity index is 0.000000229. The highest BCUT2D eigenvalue weighted by atomic mass is 16.1. The van der Waals surface area contributed by atoms with Crippen molar-refractivity contribution in [3.63, 3.8) is 0 Å². The lowest BCUT2D eigenvalue weighted by atomic mass is 9.75. The highest BCUT2D eigenvalue weighted by Crippen LogP contribution is 2.35. The van der Waals surface area contributed by atoms with Gasteiger partial charge in [0, 0.05) is 53.3 Å². The fourth-order valence-corrected chi connectivity index (χ4v) is 5.02. The minimum Gasteiger partial charge on any atom is -0.294 e. The van der Waals surface area contributed by atoms with Crippen LogP contribution >= 0.6 is 0 Å². The Hall–Kier alpha value is -5.11. The average Bonchev–Trinajstić information content (AvgIpc) is 3.46. The zero-order valence-corrected chi connectivity index (χ0v) is 22.9. The van der Waals surface area contributed by atoms with Gasteiger partial charge in [0.15, 0.2) is 11.6 Å². The molecule has 8 heteroatoms. The number of rotatable bonds is 3. The normalized spacial score (nSPS) is 15.0. The van der Waals surface area contributed by atoms with Crippen molar-refractivity contribution in [3.05, 3.63) is 114 Å². The lowest BCUT2D eigenvalue weighted by Gasteiger charge is -2.29. The fourth-order valence-electron chi connectivity index (χ4n) is 5.02. The van der Waals surface area contributed by atoms with Gasteiger partial charge in [0.25, 0.3) is 0 Å². The molecule has 0 radical (unpaired) electrons. The molecule has 0 saturated carbocycles. The minimum atomic E-state index is -0.332. The quantitative estimate of drug-likeness (QED) is 0.267. The largest absolute Gasteiger partial charge is 0.294 e. The van der Waals surface area contributed by atoms with Gasteiger partial charge in [0.05, 0.1) is 40.4 Å². The SMILES string of the molecule is CC1(C)CCc2nc(-c3cc(-c4cccnc4)nn3-c3cccnc3)ccc2C1=O.O=C1CC=Cc2ncccc21. The Morgan fingerprint density at radius 3 is 2.41 bits per heavy atom. The third kappa shape index (κ3) is 5.24. The Bertz CT molecular complexity index is 1770. The second-order valence-corrected chi connectivity index (χ2v) is 10.6. The summed E-state index contributed by atoms with van der Waals surface area (Å²) in [6, 6.07) is 17.1. The van der Waals surface area contributed by atoms with Crippen LogP contribution in [0.25, 0.3) is 34.4 Å². The number of pyridine rings is 4. The molecule has 202 valence electrons. The van der Waals surface area contributed by atoms with Crippen molar-refractivity contribution in [3.8, 4) is 28.3 Å². The number of allylic oxidation sites excluding steroid dienone is 1. The fraction of sp³-hybridized carbons (Fsp3) is 0.182. The summed E-state index contributed by atoms with van der Waals surface area (Å²) in [5.74, 6) is 0.329. The molecule has 5 aromatic rings. The molecule has 7 rings (SSSR count). The van der Waals surface area contributed by atoms with Crippen molar-refractivity contribution in [2.45, 2.75) is 33.1 Å². The smallest absolute Gasteiger partial charge is 0.170 e. The van der Waals surface area contributed by atoms with E-state index in [4.69, 9.17) is 10.1 Å². The molecule has 0 unspecified atom stereocenters. The Morgan fingerprint density at radius 2 is 1.66 bits per heavy atom. The van der Waals surface area contributed by atoms with E-state index in [0.29, 0.717) is 6.42 Å². The Labute approximate surface area is 237 Å². The van der Waals surface area contributed by atoms with Crippen LogP contribution in [0.3, 0.4) is 0 Å². The van der Waals surface area contributed by atoms with Crippen molar-refractivity contribution < 1.29 is 9.59 Å². The van der Waals surface area contributed by atoms with Gasteiger partial charge >= 0.3 is 0 Å². The van der Waals surface area contributed by atoms with E-state index in [1.807, 2.05) is 79.2 Å². The van der Waals surface area contributed by atoms with E-state index in [-0.39, 0.29) is 17.0 Å². The van der Waals surface area contributed by atoms with E-state index in [9.17, 15) is 9.59 Å². The summed E-state index contributed by atoms with van der Waals surface area (Å²) in [5, 5.41) is 4.81. The molecule has 0 atom stereocenters. The predicted molar refractivity (Wildman–Crippen MR) is 156 cm³/mol. The van der Waals surface area contributed by atoms with Gasteiger partial charge in [-0.05, 0) is 73.5 Å². The Morgan fingerprint density at radius 1 is 0.854 bits per heavy atom. The lowest BCUT2D eigenvalue weighted by Crippen LogP contribution is -2.31. The van der Waals surface area contributed by atoms with Crippen LogP contribution in [0, 0.1) is 5.41 Å². The maximum Gasteiger partial charge on any atom is 0.170 e. The zero-order chi connectivity index (χ0) is 28.4. The summed E-state index contributed by atoms with van der Waals surface area (Å²) in [4.78, 5) is 41.4. The van der Waals surface area contributed by atoms with Crippen LogP contribution in [0.2, 0.25) is 0 Å². The molecule has 5 heterocycles. The van der Waals surface area contributed by atoms with Gasteiger partial charge in [0.2, 0.25) is 0 Å². The number of ketones is 2. The van der Waals surface area contributed by atoms with Crippen LogP contribution in [0.4, 0.5) is 0 Å². The highest BCUT2D eigenvalue weighted by Gasteiger charge is 2.35. The summed E-state index contributed by atoms with van der Waals surface area (Å²) in [7, 11) is 0. The van der Waals surface area contributed by atoms with Gasteiger partial charge in [-0.2, -0.15) is 5.10 Å². The van der Waals surface area contributed by atoms with E-state index in [0.717, 1.165) is 63.7 Å². The van der Waals surface area contributed by atoms with Crippen molar-refractivity contribution in [2.24, 2.45) is 5.41 Å². The molecular formula is C33H28N6O2. The average molecular weight is 541 g/mol. The first-order chi connectivity index (χ1) is 19.9. The number of carbonyl (C=O) groups excluding carboxylic acids is 2. The number of fused-ring (bicyclic) bond motifs is 2. The van der Waals surface area contributed by atoms with Gasteiger partial charge in [-0.25, -0.2) is 4.68 Å². The molecule has 0 spiro atoms. The van der Waals surface area contributed by atoms with E-state index in [1.165, 1.54) is 0 Å². The molecule has 0 aromatic carbocycles. The number of hydrogen-bond acceptors (Lipinski definition) is 7. The molecule has 0 aliphatic heterocycles. The van der Waals surface area contributed by atoms with Gasteiger partial charge in [-0.1, -0.05) is 19.9 Å². The first kappa shape index (κ1) is 26.1. The van der Waals surface area contributed by atoms with Crippen molar-refractivity contribution in [2.75, 3.05) is 0 Å². The molecule has 0 N–H and O–H groups in total. The van der Waals surface area contributed by atoms with Crippen LogP contribution in [-0.4, -0.2) is 41.3 Å². The number of carbonyl (C=O) groups is 2. The summed E-state index contributed by atoms with van der Waals surface area (Å²) >= 11 is 0. The molecule has 2 aliphatic carbocycles. The summed E-state index contributed by atoms with van der Waals surface area (Å²) in [5.41, 5.74) is 7.01. The van der Waals surface area contributed by atoms with Crippen molar-refractivity contribution >= 4 is 17.6 Å². The molecular weight excluding hydrogens is 512 g/mol. The van der Waals surface area contributed by atoms with Gasteiger partial charge in [-0.3, -0.25) is 29.5 Å². The van der Waals surface area contributed by atoms with Gasteiger partial charge < -0.3 is 0 Å². The van der Waals surface area contributed by atoms with E-state index >= 15 is 0 Å². The summed E-state index contributed by atoms with van der Waals surface area (Å²) < 4.78 is 1.85. The molecule has 5 aromatic heterocycles. The van der Waals surface area contributed by atoms with Crippen LogP contribution < -0.4 is 0 Å². The van der Waals surface area contributed by atoms with Crippen LogP contribution in [0.5, 0.6) is 0 Å². The number of aryl methyl sites for hydroxylation is 1. The summed E-state index contributed by atoms with van der Waals surface area (Å²) in [6.45, 7) is 4.01. The third-order valence-electron chi connectivity index (χ3n) is 7.36. The van der Waals surface area contributed by atoms with Crippen LogP contribution in [0.15, 0.2) is 91.7 Å². The monoisotopic (exact) mass is 540 g/mol. The highest BCUT2D eigenvalue weighted by molar-refractivity contribution is 6.02. The zero-order valence-electron chi connectivity index (χ0n) is 22.9. The predicted octanol–water partition coefficient (Wildman–Crippen LogP) is 6.23. The maximum atomic E-state index is 12.8. The minimum absolute atomic E-state index is 0.163. The van der Waals surface area contributed by atoms with E-state index < -0.39 is 0 Å². The number of nitrogens with zero attached hydrogens (tertiary/aromatic N) is 6. The van der Waals surface area contributed by atoms with E-state index in [2.05, 4.69) is 15.0 Å². The topological polar surface area (TPSA) is 104 Å². The second-order valence-electron chi connectivity index (χ2n) is 10.6. The second kappa shape index (κ2) is 10.8. The molecule has 8 nitrogen and oxygen atoms in total. The molecule has 0 saturated heterocycles. The molecule has 0 bridgehead atoms. The molecule has 0 fully saturated rings.